The average Bonchev–Trinajstić information content (AvgIpc) is 2.49. The third kappa shape index (κ3) is 3.64. The molecule has 1 aromatic rings. The summed E-state index contributed by atoms with van der Waals surface area (Å²) in [5, 5.41) is 0. The van der Waals surface area contributed by atoms with Crippen LogP contribution in [0.1, 0.15) is 25.8 Å². The summed E-state index contributed by atoms with van der Waals surface area (Å²) in [6.45, 7) is 6.72. The number of hydrogen-bond acceptors (Lipinski definition) is 3. The molecular formula is C14H19BrN2S2. The number of rotatable bonds is 2. The van der Waals surface area contributed by atoms with Gasteiger partial charge in [-0.05, 0) is 34.5 Å². The van der Waals surface area contributed by atoms with Crippen LogP contribution in [0.4, 0.5) is 5.69 Å². The summed E-state index contributed by atoms with van der Waals surface area (Å²) in [6.07, 6.45) is 1.17. The van der Waals surface area contributed by atoms with Gasteiger partial charge in [0.25, 0.3) is 0 Å². The van der Waals surface area contributed by atoms with Crippen molar-refractivity contribution in [3.05, 3.63) is 28.2 Å². The number of hydrogen-bond donors (Lipinski definition) is 1. The van der Waals surface area contributed by atoms with E-state index in [-0.39, 0.29) is 0 Å². The van der Waals surface area contributed by atoms with E-state index in [0.29, 0.717) is 9.74 Å². The van der Waals surface area contributed by atoms with E-state index in [2.05, 4.69) is 40.7 Å². The van der Waals surface area contributed by atoms with Crippen molar-refractivity contribution in [2.45, 2.75) is 25.0 Å². The van der Waals surface area contributed by atoms with Gasteiger partial charge in [-0.3, -0.25) is 0 Å². The van der Waals surface area contributed by atoms with Crippen LogP contribution in [0.25, 0.3) is 0 Å². The van der Waals surface area contributed by atoms with Gasteiger partial charge in [-0.25, -0.2) is 0 Å². The first kappa shape index (κ1) is 15.1. The van der Waals surface area contributed by atoms with Crippen molar-refractivity contribution in [1.82, 2.24) is 0 Å². The molecule has 1 aliphatic rings. The van der Waals surface area contributed by atoms with E-state index >= 15 is 0 Å². The van der Waals surface area contributed by atoms with E-state index in [1.165, 1.54) is 6.42 Å². The van der Waals surface area contributed by atoms with Crippen LogP contribution in [-0.2, 0) is 0 Å². The van der Waals surface area contributed by atoms with Crippen LogP contribution in [0.2, 0.25) is 0 Å². The topological polar surface area (TPSA) is 29.3 Å². The van der Waals surface area contributed by atoms with Crippen molar-refractivity contribution in [3.63, 3.8) is 0 Å². The van der Waals surface area contributed by atoms with E-state index in [4.69, 9.17) is 18.0 Å². The molecule has 2 N–H and O–H groups in total. The maximum absolute atomic E-state index is 5.88. The second-order valence-corrected chi connectivity index (χ2v) is 8.44. The van der Waals surface area contributed by atoms with Gasteiger partial charge in [-0.2, -0.15) is 11.8 Å². The quantitative estimate of drug-likeness (QED) is 0.814. The molecule has 104 valence electrons. The maximum Gasteiger partial charge on any atom is 0.107 e. The van der Waals surface area contributed by atoms with Gasteiger partial charge >= 0.3 is 0 Å². The minimum absolute atomic E-state index is 0.351. The van der Waals surface area contributed by atoms with Gasteiger partial charge in [0.2, 0.25) is 0 Å². The second kappa shape index (κ2) is 6.02. The van der Waals surface area contributed by atoms with Crippen LogP contribution in [0.3, 0.4) is 0 Å². The molecule has 0 spiro atoms. The molecule has 0 radical (unpaired) electrons. The SMILES string of the molecule is CC1(C)CCN(c2cccc(Br)c2C(N)=S)CCS1. The fraction of sp³-hybridized carbons (Fsp3) is 0.500. The number of anilines is 1. The van der Waals surface area contributed by atoms with Gasteiger partial charge in [0.15, 0.2) is 0 Å². The zero-order chi connectivity index (χ0) is 14.0. The highest BCUT2D eigenvalue weighted by molar-refractivity contribution is 9.10. The van der Waals surface area contributed by atoms with Gasteiger partial charge in [0.05, 0.1) is 0 Å². The highest BCUT2D eigenvalue weighted by Gasteiger charge is 2.25. The van der Waals surface area contributed by atoms with Gasteiger partial charge in [-0.15, -0.1) is 0 Å². The summed E-state index contributed by atoms with van der Waals surface area (Å²) >= 11 is 10.8. The van der Waals surface area contributed by atoms with Crippen molar-refractivity contribution in [2.75, 3.05) is 23.7 Å². The molecule has 0 atom stereocenters. The number of halogens is 1. The molecule has 0 aliphatic carbocycles. The van der Waals surface area contributed by atoms with Gasteiger partial charge in [0.1, 0.15) is 4.99 Å². The fourth-order valence-corrected chi connectivity index (χ4v) is 4.30. The zero-order valence-electron chi connectivity index (χ0n) is 11.3. The average molecular weight is 359 g/mol. The summed E-state index contributed by atoms with van der Waals surface area (Å²) in [5.74, 6) is 1.14. The summed E-state index contributed by atoms with van der Waals surface area (Å²) in [4.78, 5) is 2.86. The Kier molecular flexibility index (Phi) is 4.79. The number of thioether (sulfide) groups is 1. The number of nitrogens with two attached hydrogens (primary N) is 1. The van der Waals surface area contributed by atoms with Crippen molar-refractivity contribution in [2.24, 2.45) is 5.73 Å². The van der Waals surface area contributed by atoms with Gasteiger partial charge in [0, 0.05) is 39.3 Å². The predicted octanol–water partition coefficient (Wildman–Crippen LogP) is 3.81. The van der Waals surface area contributed by atoms with Crippen LogP contribution in [-0.4, -0.2) is 28.6 Å². The van der Waals surface area contributed by atoms with E-state index in [9.17, 15) is 0 Å². The third-order valence-corrected chi connectivity index (χ3v) is 5.65. The highest BCUT2D eigenvalue weighted by atomic mass is 79.9. The van der Waals surface area contributed by atoms with E-state index in [1.54, 1.807) is 0 Å². The van der Waals surface area contributed by atoms with Crippen LogP contribution < -0.4 is 10.6 Å². The lowest BCUT2D eigenvalue weighted by Gasteiger charge is -2.26. The first-order valence-corrected chi connectivity index (χ1v) is 8.57. The number of thiocarbonyl (C=S) groups is 1. The molecule has 19 heavy (non-hydrogen) atoms. The van der Waals surface area contributed by atoms with Crippen molar-refractivity contribution >= 4 is 50.6 Å². The summed E-state index contributed by atoms with van der Waals surface area (Å²) in [5.41, 5.74) is 8.00. The Morgan fingerprint density at radius 1 is 1.42 bits per heavy atom. The normalized spacial score (nSPS) is 19.0. The molecule has 2 nitrogen and oxygen atoms in total. The Bertz CT molecular complexity index is 488. The molecule has 1 saturated heterocycles. The highest BCUT2D eigenvalue weighted by Crippen LogP contribution is 2.34. The molecule has 0 aromatic heterocycles. The van der Waals surface area contributed by atoms with Crippen LogP contribution in [0.15, 0.2) is 22.7 Å². The Morgan fingerprint density at radius 2 is 2.16 bits per heavy atom. The van der Waals surface area contributed by atoms with Crippen molar-refractivity contribution in [1.29, 1.82) is 0 Å². The predicted molar refractivity (Wildman–Crippen MR) is 93.4 cm³/mol. The lowest BCUT2D eigenvalue weighted by molar-refractivity contribution is 0.637. The zero-order valence-corrected chi connectivity index (χ0v) is 14.5. The molecular weight excluding hydrogens is 340 g/mol. The van der Waals surface area contributed by atoms with Crippen LogP contribution >= 0.6 is 39.9 Å². The lowest BCUT2D eigenvalue weighted by Crippen LogP contribution is -2.29. The van der Waals surface area contributed by atoms with Crippen molar-refractivity contribution in [3.8, 4) is 0 Å². The summed E-state index contributed by atoms with van der Waals surface area (Å²) in [7, 11) is 0. The van der Waals surface area contributed by atoms with Gasteiger partial charge in [-0.1, -0.05) is 32.1 Å². The largest absolute Gasteiger partial charge is 0.389 e. The molecule has 0 saturated carbocycles. The molecule has 1 fully saturated rings. The van der Waals surface area contributed by atoms with E-state index in [0.717, 1.165) is 34.6 Å². The van der Waals surface area contributed by atoms with Crippen LogP contribution in [0, 0.1) is 0 Å². The minimum Gasteiger partial charge on any atom is -0.389 e. The molecule has 0 amide bonds. The second-order valence-electron chi connectivity index (χ2n) is 5.34. The summed E-state index contributed by atoms with van der Waals surface area (Å²) in [6, 6.07) is 6.15. The number of benzene rings is 1. The first-order chi connectivity index (χ1) is 8.91. The Balaban J connectivity index is 2.32. The van der Waals surface area contributed by atoms with E-state index < -0.39 is 0 Å². The van der Waals surface area contributed by atoms with Crippen molar-refractivity contribution < 1.29 is 0 Å². The Labute approximate surface area is 133 Å². The molecule has 1 aromatic carbocycles. The van der Waals surface area contributed by atoms with E-state index in [1.807, 2.05) is 23.9 Å². The fourth-order valence-electron chi connectivity index (χ4n) is 2.28. The van der Waals surface area contributed by atoms with Gasteiger partial charge < -0.3 is 10.6 Å². The molecule has 2 rings (SSSR count). The standard InChI is InChI=1S/C14H19BrN2S2/c1-14(2)6-7-17(8-9-19-14)11-5-3-4-10(15)12(11)13(16)18/h3-5H,6-9H2,1-2H3,(H2,16,18). The lowest BCUT2D eigenvalue weighted by atomic mass is 10.1. The molecule has 0 bridgehead atoms. The minimum atomic E-state index is 0.351. The number of nitrogens with zero attached hydrogens (tertiary/aromatic N) is 1. The molecule has 1 heterocycles. The Hall–Kier alpha value is -0.260. The third-order valence-electron chi connectivity index (χ3n) is 3.42. The summed E-state index contributed by atoms with van der Waals surface area (Å²) < 4.78 is 1.33. The molecule has 5 heteroatoms. The first-order valence-electron chi connectivity index (χ1n) is 6.38. The smallest absolute Gasteiger partial charge is 0.107 e. The monoisotopic (exact) mass is 358 g/mol. The molecule has 0 unspecified atom stereocenters. The Morgan fingerprint density at radius 3 is 2.84 bits per heavy atom. The van der Waals surface area contributed by atoms with Crippen LogP contribution in [0.5, 0.6) is 0 Å². The maximum atomic E-state index is 5.88. The molecule has 1 aliphatic heterocycles.